The van der Waals surface area contributed by atoms with Gasteiger partial charge in [-0.1, -0.05) is 61.8 Å². The average molecular weight is 309 g/mol. The third kappa shape index (κ3) is 14.3. The molecule has 0 atom stereocenters. The van der Waals surface area contributed by atoms with E-state index in [1.54, 1.807) is 11.1 Å². The highest BCUT2D eigenvalue weighted by Crippen LogP contribution is 2.25. The van der Waals surface area contributed by atoms with Crippen LogP contribution in [0.2, 0.25) is 0 Å². The van der Waals surface area contributed by atoms with Crippen LogP contribution in [0.5, 0.6) is 0 Å². The van der Waals surface area contributed by atoms with Crippen molar-refractivity contribution in [2.75, 3.05) is 13.2 Å². The van der Waals surface area contributed by atoms with Crippen molar-refractivity contribution in [1.29, 1.82) is 0 Å². The lowest BCUT2D eigenvalue weighted by atomic mass is 10.1. The van der Waals surface area contributed by atoms with Crippen molar-refractivity contribution in [1.82, 2.24) is 0 Å². The van der Waals surface area contributed by atoms with Crippen LogP contribution in [-0.2, 0) is 0 Å². The lowest BCUT2D eigenvalue weighted by molar-refractivity contribution is 0.282. The molecule has 2 N–H and O–H groups in total. The first-order valence-corrected chi connectivity index (χ1v) is 9.44. The van der Waals surface area contributed by atoms with Gasteiger partial charge in [-0.05, 0) is 51.4 Å². The molecule has 0 aromatic heterocycles. The molecule has 0 aromatic carbocycles. The number of aliphatic hydroxyl groups is 2. The van der Waals surface area contributed by atoms with Crippen molar-refractivity contribution < 1.29 is 10.2 Å². The highest BCUT2D eigenvalue weighted by Gasteiger charge is 2.05. The zero-order valence-electron chi connectivity index (χ0n) is 14.4. The minimum absolute atomic E-state index is 0.366. The summed E-state index contributed by atoms with van der Waals surface area (Å²) in [6.07, 6.45) is 22.3. The molecule has 0 aliphatic heterocycles. The van der Waals surface area contributed by atoms with E-state index in [1.165, 1.54) is 77.0 Å². The van der Waals surface area contributed by atoms with Crippen LogP contribution in [0, 0.1) is 0 Å². The molecular weight excluding hydrogens is 272 g/mol. The van der Waals surface area contributed by atoms with Crippen LogP contribution in [-0.4, -0.2) is 23.4 Å². The second-order valence-electron chi connectivity index (χ2n) is 6.62. The third-order valence-corrected chi connectivity index (χ3v) is 4.30. The number of hydrogen-bond acceptors (Lipinski definition) is 2. The second-order valence-corrected chi connectivity index (χ2v) is 6.62. The van der Waals surface area contributed by atoms with E-state index in [0.29, 0.717) is 13.2 Å². The predicted octanol–water partition coefficient (Wildman–Crippen LogP) is 5.30. The molecule has 2 aliphatic rings. The summed E-state index contributed by atoms with van der Waals surface area (Å²) in [5, 5.41) is 17.0. The first-order valence-electron chi connectivity index (χ1n) is 9.44. The van der Waals surface area contributed by atoms with Gasteiger partial charge in [0.05, 0.1) is 0 Å². The monoisotopic (exact) mass is 308 g/mol. The molecule has 2 nitrogen and oxygen atoms in total. The Labute approximate surface area is 137 Å². The van der Waals surface area contributed by atoms with Crippen LogP contribution >= 0.6 is 0 Å². The Bertz CT molecular complexity index is 286. The van der Waals surface area contributed by atoms with Gasteiger partial charge in [-0.3, -0.25) is 0 Å². The molecular formula is C20H36O2. The minimum atomic E-state index is 0.366. The molecule has 0 unspecified atom stereocenters. The van der Waals surface area contributed by atoms with Crippen molar-refractivity contribution in [2.45, 2.75) is 89.9 Å². The molecule has 22 heavy (non-hydrogen) atoms. The highest BCUT2D eigenvalue weighted by molar-refractivity contribution is 5.21. The van der Waals surface area contributed by atoms with Crippen LogP contribution in [0.15, 0.2) is 23.3 Å². The van der Waals surface area contributed by atoms with Crippen molar-refractivity contribution in [2.24, 2.45) is 0 Å². The van der Waals surface area contributed by atoms with Gasteiger partial charge < -0.3 is 10.2 Å². The van der Waals surface area contributed by atoms with Crippen LogP contribution in [0.3, 0.4) is 0 Å². The number of hydrogen-bond donors (Lipinski definition) is 2. The van der Waals surface area contributed by atoms with E-state index < -0.39 is 0 Å². The fraction of sp³-hybridized carbons (Fsp3) is 0.800. The maximum Gasteiger partial charge on any atom is 0.0431 e. The topological polar surface area (TPSA) is 40.5 Å². The Kier molecular flexibility index (Phi) is 12.4. The normalized spacial score (nSPS) is 14.8. The van der Waals surface area contributed by atoms with Gasteiger partial charge >= 0.3 is 0 Å². The maximum atomic E-state index is 8.51. The Hall–Kier alpha value is -0.600. The average Bonchev–Trinajstić information content (AvgIpc) is 3.41. The van der Waals surface area contributed by atoms with E-state index in [4.69, 9.17) is 10.2 Å². The molecule has 2 aliphatic carbocycles. The lowest BCUT2D eigenvalue weighted by Crippen LogP contribution is -1.83. The van der Waals surface area contributed by atoms with Crippen molar-refractivity contribution in [3.63, 3.8) is 0 Å². The number of allylic oxidation sites excluding steroid dienone is 4. The van der Waals surface area contributed by atoms with Gasteiger partial charge in [0.2, 0.25) is 0 Å². The van der Waals surface area contributed by atoms with E-state index in [-0.39, 0.29) is 0 Å². The quantitative estimate of drug-likeness (QED) is 0.338. The molecule has 128 valence electrons. The van der Waals surface area contributed by atoms with Crippen molar-refractivity contribution >= 4 is 0 Å². The smallest absolute Gasteiger partial charge is 0.0431 e. The summed E-state index contributed by atoms with van der Waals surface area (Å²) in [5.74, 6) is 0. The van der Waals surface area contributed by atoms with E-state index >= 15 is 0 Å². The van der Waals surface area contributed by atoms with E-state index in [9.17, 15) is 0 Å². The first kappa shape index (κ1) is 19.4. The standard InChI is InChI=1S/2C10H18O/c2*11-9-5-3-1-2-4-6-10-7-8-10/h2*7,11H,1-6,8-9H2. The maximum absolute atomic E-state index is 8.51. The Morgan fingerprint density at radius 3 is 1.18 bits per heavy atom. The molecule has 0 saturated carbocycles. The van der Waals surface area contributed by atoms with Crippen molar-refractivity contribution in [3.05, 3.63) is 23.3 Å². The van der Waals surface area contributed by atoms with Gasteiger partial charge in [0.25, 0.3) is 0 Å². The minimum Gasteiger partial charge on any atom is -0.396 e. The predicted molar refractivity (Wildman–Crippen MR) is 95.0 cm³/mol. The number of unbranched alkanes of at least 4 members (excludes halogenated alkanes) is 8. The van der Waals surface area contributed by atoms with Gasteiger partial charge in [0.15, 0.2) is 0 Å². The van der Waals surface area contributed by atoms with Crippen LogP contribution < -0.4 is 0 Å². The summed E-state index contributed by atoms with van der Waals surface area (Å²) < 4.78 is 0. The van der Waals surface area contributed by atoms with Crippen LogP contribution in [0.1, 0.15) is 89.9 Å². The fourth-order valence-electron chi connectivity index (χ4n) is 2.54. The third-order valence-electron chi connectivity index (χ3n) is 4.30. The summed E-state index contributed by atoms with van der Waals surface area (Å²) >= 11 is 0. The van der Waals surface area contributed by atoms with E-state index in [0.717, 1.165) is 12.8 Å². The van der Waals surface area contributed by atoms with Gasteiger partial charge in [0, 0.05) is 13.2 Å². The largest absolute Gasteiger partial charge is 0.396 e. The zero-order valence-corrected chi connectivity index (χ0v) is 14.4. The molecule has 0 radical (unpaired) electrons. The zero-order chi connectivity index (χ0) is 15.9. The van der Waals surface area contributed by atoms with Crippen molar-refractivity contribution in [3.8, 4) is 0 Å². The molecule has 0 saturated heterocycles. The summed E-state index contributed by atoms with van der Waals surface area (Å²) in [6.45, 7) is 0.732. The molecule has 0 bridgehead atoms. The van der Waals surface area contributed by atoms with Gasteiger partial charge in [-0.25, -0.2) is 0 Å². The van der Waals surface area contributed by atoms with E-state index in [2.05, 4.69) is 12.2 Å². The molecule has 0 heterocycles. The summed E-state index contributed by atoms with van der Waals surface area (Å²) in [7, 11) is 0. The molecule has 0 amide bonds. The van der Waals surface area contributed by atoms with Gasteiger partial charge in [-0.15, -0.1) is 0 Å². The molecule has 2 heteroatoms. The summed E-state index contributed by atoms with van der Waals surface area (Å²) in [6, 6.07) is 0. The lowest BCUT2D eigenvalue weighted by Gasteiger charge is -1.97. The number of rotatable bonds is 14. The van der Waals surface area contributed by atoms with Crippen LogP contribution in [0.4, 0.5) is 0 Å². The molecule has 2 rings (SSSR count). The highest BCUT2D eigenvalue weighted by atomic mass is 16.3. The first-order chi connectivity index (χ1) is 10.9. The molecule has 0 spiro atoms. The number of aliphatic hydroxyl groups excluding tert-OH is 2. The molecule has 0 fully saturated rings. The second kappa shape index (κ2) is 14.0. The SMILES string of the molecule is OCCCCCCCC1=CC1.OCCCCCCCC1=CC1. The van der Waals surface area contributed by atoms with Gasteiger partial charge in [0.1, 0.15) is 0 Å². The Morgan fingerprint density at radius 1 is 0.545 bits per heavy atom. The Balaban J connectivity index is 0.000000220. The molecule has 0 aromatic rings. The van der Waals surface area contributed by atoms with Crippen LogP contribution in [0.25, 0.3) is 0 Å². The van der Waals surface area contributed by atoms with E-state index in [1.807, 2.05) is 0 Å². The fourth-order valence-corrected chi connectivity index (χ4v) is 2.54. The Morgan fingerprint density at radius 2 is 0.864 bits per heavy atom. The van der Waals surface area contributed by atoms with Gasteiger partial charge in [-0.2, -0.15) is 0 Å². The summed E-state index contributed by atoms with van der Waals surface area (Å²) in [5.41, 5.74) is 3.32. The summed E-state index contributed by atoms with van der Waals surface area (Å²) in [4.78, 5) is 0.